The van der Waals surface area contributed by atoms with Crippen molar-refractivity contribution in [3.63, 3.8) is 0 Å². The summed E-state index contributed by atoms with van der Waals surface area (Å²) in [6, 6.07) is 24.4. The molecule has 10 nitrogen and oxygen atoms in total. The predicted octanol–water partition coefficient (Wildman–Crippen LogP) is 3.30. The Morgan fingerprint density at radius 1 is 0.881 bits per heavy atom. The molecule has 2 saturated heterocycles. The van der Waals surface area contributed by atoms with Crippen LogP contribution < -0.4 is 14.8 Å². The van der Waals surface area contributed by atoms with E-state index in [4.69, 9.17) is 23.7 Å². The molecule has 2 aliphatic heterocycles. The Hall–Kier alpha value is -3.96. The quantitative estimate of drug-likeness (QED) is 0.354. The highest BCUT2D eigenvalue weighted by molar-refractivity contribution is 5.97. The number of urea groups is 1. The van der Waals surface area contributed by atoms with Crippen LogP contribution in [0.2, 0.25) is 0 Å². The fourth-order valence-corrected chi connectivity index (χ4v) is 5.62. The van der Waals surface area contributed by atoms with Crippen LogP contribution in [-0.2, 0) is 24.6 Å². The third kappa shape index (κ3) is 5.46. The second-order valence-corrected chi connectivity index (χ2v) is 10.4. The number of nitrogens with one attached hydrogen (secondary N) is 1. The summed E-state index contributed by atoms with van der Waals surface area (Å²) in [7, 11) is 4.67. The first kappa shape index (κ1) is 29.5. The molecule has 3 aromatic rings. The molecule has 2 aliphatic rings. The topological polar surface area (TPSA) is 116 Å². The number of carbonyl (C=O) groups is 2. The van der Waals surface area contributed by atoms with Crippen molar-refractivity contribution < 1.29 is 38.4 Å². The number of methoxy groups -OCH3 is 3. The van der Waals surface area contributed by atoms with Crippen molar-refractivity contribution >= 4 is 11.9 Å². The lowest BCUT2D eigenvalue weighted by Gasteiger charge is -2.37. The Balaban J connectivity index is 1.52. The van der Waals surface area contributed by atoms with Crippen LogP contribution in [0, 0.1) is 5.92 Å². The first-order chi connectivity index (χ1) is 20.3. The van der Waals surface area contributed by atoms with Gasteiger partial charge in [-0.25, -0.2) is 4.79 Å². The molecule has 2 heterocycles. The van der Waals surface area contributed by atoms with Crippen LogP contribution in [0.1, 0.15) is 23.6 Å². The standard InChI is InChI=1S/C32H36N2O8/c1-20-18-34(31(37)33-29(20)36)30-28(40-4)27(35)26(42-30)19-41-32(21-8-6-5-7-9-21,22-10-14-24(38-2)15-11-22)23-12-16-25(39-3)17-13-23/h5-17,20,26-28,30,35H,18-19H2,1-4H3,(H,33,36,37)/t20?,26-,27-,28-,30-/m1/s1. The first-order valence-corrected chi connectivity index (χ1v) is 13.8. The van der Waals surface area contributed by atoms with Crippen LogP contribution in [-0.4, -0.2) is 81.0 Å². The van der Waals surface area contributed by atoms with Gasteiger partial charge in [0.05, 0.1) is 26.7 Å². The maximum atomic E-state index is 12.7. The van der Waals surface area contributed by atoms with Crippen molar-refractivity contribution in [1.29, 1.82) is 0 Å². The highest BCUT2D eigenvalue weighted by Gasteiger charge is 2.51. The summed E-state index contributed by atoms with van der Waals surface area (Å²) in [6.45, 7) is 1.82. The number of benzene rings is 3. The molecule has 0 spiro atoms. The van der Waals surface area contributed by atoms with E-state index in [0.717, 1.165) is 16.7 Å². The second kappa shape index (κ2) is 12.5. The summed E-state index contributed by atoms with van der Waals surface area (Å²) in [6.07, 6.45) is -3.72. The van der Waals surface area contributed by atoms with Crippen molar-refractivity contribution in [2.24, 2.45) is 5.92 Å². The Morgan fingerprint density at radius 2 is 1.43 bits per heavy atom. The zero-order valence-electron chi connectivity index (χ0n) is 24.1. The normalized spacial score (nSPS) is 24.4. The van der Waals surface area contributed by atoms with Gasteiger partial charge in [-0.05, 0) is 41.0 Å². The molecule has 0 aromatic heterocycles. The van der Waals surface area contributed by atoms with Gasteiger partial charge in [0.2, 0.25) is 5.91 Å². The number of aliphatic hydroxyl groups is 1. The van der Waals surface area contributed by atoms with Gasteiger partial charge in [0.15, 0.2) is 6.23 Å². The number of hydrogen-bond donors (Lipinski definition) is 2. The maximum absolute atomic E-state index is 12.7. The van der Waals surface area contributed by atoms with E-state index < -0.39 is 42.1 Å². The molecule has 3 amide bonds. The van der Waals surface area contributed by atoms with Crippen LogP contribution in [0.25, 0.3) is 0 Å². The molecule has 0 saturated carbocycles. The van der Waals surface area contributed by atoms with Crippen LogP contribution in [0.4, 0.5) is 4.79 Å². The molecule has 5 rings (SSSR count). The van der Waals surface area contributed by atoms with E-state index in [2.05, 4.69) is 5.32 Å². The van der Waals surface area contributed by atoms with E-state index in [1.807, 2.05) is 78.9 Å². The number of hydrogen-bond acceptors (Lipinski definition) is 8. The molecule has 0 aliphatic carbocycles. The fourth-order valence-electron chi connectivity index (χ4n) is 5.62. The summed E-state index contributed by atoms with van der Waals surface area (Å²) >= 11 is 0. The third-order valence-electron chi connectivity index (χ3n) is 7.94. The van der Waals surface area contributed by atoms with Crippen LogP contribution in [0.15, 0.2) is 78.9 Å². The van der Waals surface area contributed by atoms with Crippen LogP contribution in [0.3, 0.4) is 0 Å². The third-order valence-corrected chi connectivity index (χ3v) is 7.94. The molecule has 5 atom stereocenters. The SMILES string of the molecule is COc1ccc(C(OC[C@H]2O[C@@H](N3CC(C)C(=O)NC3=O)[C@H](OC)[C@@H]2O)(c2ccccc2)c2ccc(OC)cc2)cc1. The van der Waals surface area contributed by atoms with Crippen molar-refractivity contribution in [1.82, 2.24) is 10.2 Å². The van der Waals surface area contributed by atoms with Crippen molar-refractivity contribution in [3.05, 3.63) is 95.6 Å². The average Bonchev–Trinajstić information content (AvgIpc) is 3.34. The summed E-state index contributed by atoms with van der Waals surface area (Å²) in [5, 5.41) is 13.7. The second-order valence-electron chi connectivity index (χ2n) is 10.4. The van der Waals surface area contributed by atoms with Gasteiger partial charge in [0.25, 0.3) is 0 Å². The zero-order chi connectivity index (χ0) is 29.9. The highest BCUT2D eigenvalue weighted by Crippen LogP contribution is 2.42. The summed E-state index contributed by atoms with van der Waals surface area (Å²) in [4.78, 5) is 26.1. The summed E-state index contributed by atoms with van der Waals surface area (Å²) in [5.41, 5.74) is 1.40. The monoisotopic (exact) mass is 576 g/mol. The van der Waals surface area contributed by atoms with Crippen molar-refractivity contribution in [2.45, 2.75) is 37.1 Å². The summed E-state index contributed by atoms with van der Waals surface area (Å²) < 4.78 is 29.6. The molecule has 222 valence electrons. The molecule has 10 heteroatoms. The molecule has 42 heavy (non-hydrogen) atoms. The minimum atomic E-state index is -1.12. The van der Waals surface area contributed by atoms with Gasteiger partial charge in [0.1, 0.15) is 35.4 Å². The Labute approximate surface area is 245 Å². The number of aliphatic hydroxyl groups excluding tert-OH is 1. The molecule has 2 fully saturated rings. The molecular weight excluding hydrogens is 540 g/mol. The number of amides is 3. The van der Waals surface area contributed by atoms with Gasteiger partial charge in [-0.1, -0.05) is 61.5 Å². The lowest BCUT2D eigenvalue weighted by Crippen LogP contribution is -2.59. The number of imide groups is 1. The number of nitrogens with zero attached hydrogens (tertiary/aromatic N) is 1. The Kier molecular flexibility index (Phi) is 8.79. The number of rotatable bonds is 10. The molecule has 0 bridgehead atoms. The van der Waals surface area contributed by atoms with Crippen LogP contribution in [0.5, 0.6) is 11.5 Å². The lowest BCUT2D eigenvalue weighted by molar-refractivity contribution is -0.133. The number of ether oxygens (including phenoxy) is 5. The van der Waals surface area contributed by atoms with Gasteiger partial charge < -0.3 is 28.8 Å². The van der Waals surface area contributed by atoms with Crippen LogP contribution >= 0.6 is 0 Å². The fraction of sp³-hybridized carbons (Fsp3) is 0.375. The zero-order valence-corrected chi connectivity index (χ0v) is 24.1. The minimum Gasteiger partial charge on any atom is -0.497 e. The van der Waals surface area contributed by atoms with E-state index in [1.165, 1.54) is 12.0 Å². The van der Waals surface area contributed by atoms with E-state index in [9.17, 15) is 14.7 Å². The molecule has 0 radical (unpaired) electrons. The van der Waals surface area contributed by atoms with Crippen molar-refractivity contribution in [2.75, 3.05) is 34.5 Å². The van der Waals surface area contributed by atoms with Gasteiger partial charge in [0, 0.05) is 13.7 Å². The molecule has 3 aromatic carbocycles. The molecular formula is C32H36N2O8. The molecule has 1 unspecified atom stereocenters. The van der Waals surface area contributed by atoms with Gasteiger partial charge in [-0.15, -0.1) is 0 Å². The number of carbonyl (C=O) groups excluding carboxylic acids is 2. The molecule has 2 N–H and O–H groups in total. The van der Waals surface area contributed by atoms with E-state index >= 15 is 0 Å². The summed E-state index contributed by atoms with van der Waals surface area (Å²) in [5.74, 6) is 0.606. The first-order valence-electron chi connectivity index (χ1n) is 13.8. The maximum Gasteiger partial charge on any atom is 0.326 e. The smallest absolute Gasteiger partial charge is 0.326 e. The van der Waals surface area contributed by atoms with Gasteiger partial charge in [-0.2, -0.15) is 0 Å². The Bertz CT molecular complexity index is 1320. The largest absolute Gasteiger partial charge is 0.497 e. The minimum absolute atomic E-state index is 0.0472. The van der Waals surface area contributed by atoms with E-state index in [1.54, 1.807) is 21.1 Å². The van der Waals surface area contributed by atoms with Gasteiger partial charge in [-0.3, -0.25) is 15.0 Å². The lowest BCUT2D eigenvalue weighted by atomic mass is 9.80. The average molecular weight is 577 g/mol. The Morgan fingerprint density at radius 3 is 1.95 bits per heavy atom. The van der Waals surface area contributed by atoms with Gasteiger partial charge >= 0.3 is 6.03 Å². The van der Waals surface area contributed by atoms with Crippen molar-refractivity contribution in [3.8, 4) is 11.5 Å². The highest BCUT2D eigenvalue weighted by atomic mass is 16.6. The van der Waals surface area contributed by atoms with E-state index in [0.29, 0.717) is 11.5 Å². The van der Waals surface area contributed by atoms with E-state index in [-0.39, 0.29) is 19.1 Å². The predicted molar refractivity (Wildman–Crippen MR) is 153 cm³/mol.